The Hall–Kier alpha value is -3.80. The Bertz CT molecular complexity index is 1030. The molecule has 0 aliphatic rings. The van der Waals surface area contributed by atoms with E-state index in [4.69, 9.17) is 14.2 Å². The summed E-state index contributed by atoms with van der Waals surface area (Å²) in [7, 11) is 4.87. The smallest absolute Gasteiger partial charge is 0.260 e. The van der Waals surface area contributed by atoms with Crippen LogP contribution in [0.25, 0.3) is 0 Å². The first-order valence-electron chi connectivity index (χ1n) is 9.79. The van der Waals surface area contributed by atoms with Crippen LogP contribution in [-0.2, 0) is 11.3 Å². The Kier molecular flexibility index (Phi) is 7.27. The van der Waals surface area contributed by atoms with Gasteiger partial charge in [-0.05, 0) is 36.4 Å². The summed E-state index contributed by atoms with van der Waals surface area (Å²) >= 11 is 0. The van der Waals surface area contributed by atoms with Crippen LogP contribution in [0.5, 0.6) is 17.2 Å². The van der Waals surface area contributed by atoms with Crippen molar-refractivity contribution in [2.45, 2.75) is 6.54 Å². The first-order chi connectivity index (χ1) is 15.0. The monoisotopic (exact) mass is 419 g/mol. The van der Waals surface area contributed by atoms with Crippen LogP contribution in [0.4, 0.5) is 0 Å². The molecule has 0 saturated heterocycles. The number of amides is 1. The topological polar surface area (TPSA) is 65.1 Å². The van der Waals surface area contributed by atoms with Gasteiger partial charge in [-0.25, -0.2) is 0 Å². The number of carbonyl (C=O) groups excluding carboxylic acids is 2. The maximum Gasteiger partial charge on any atom is 0.260 e. The van der Waals surface area contributed by atoms with Crippen molar-refractivity contribution in [2.24, 2.45) is 0 Å². The summed E-state index contributed by atoms with van der Waals surface area (Å²) in [5.41, 5.74) is 2.05. The number of nitrogens with zero attached hydrogens (tertiary/aromatic N) is 1. The van der Waals surface area contributed by atoms with Gasteiger partial charge in [0, 0.05) is 36.3 Å². The zero-order chi connectivity index (χ0) is 22.2. The predicted octanol–water partition coefficient (Wildman–Crippen LogP) is 3.97. The first kappa shape index (κ1) is 21.9. The van der Waals surface area contributed by atoms with Crippen molar-refractivity contribution in [3.05, 3.63) is 89.5 Å². The minimum absolute atomic E-state index is 0.0589. The SMILES string of the molecule is COc1ccc(CN(C)C(=O)COc2ccc(C(=O)c3ccccc3)cc2)c(OC)c1. The highest BCUT2D eigenvalue weighted by Crippen LogP contribution is 2.25. The normalized spacial score (nSPS) is 10.3. The minimum atomic E-state index is -0.178. The first-order valence-corrected chi connectivity index (χ1v) is 9.79. The molecule has 6 nitrogen and oxygen atoms in total. The van der Waals surface area contributed by atoms with Gasteiger partial charge in [0.25, 0.3) is 5.91 Å². The lowest BCUT2D eigenvalue weighted by Gasteiger charge is -2.19. The molecule has 0 radical (unpaired) electrons. The lowest BCUT2D eigenvalue weighted by atomic mass is 10.0. The van der Waals surface area contributed by atoms with Crippen LogP contribution in [-0.4, -0.2) is 44.5 Å². The fourth-order valence-corrected chi connectivity index (χ4v) is 3.04. The molecule has 0 aliphatic carbocycles. The third kappa shape index (κ3) is 5.63. The van der Waals surface area contributed by atoms with Crippen molar-refractivity contribution < 1.29 is 23.8 Å². The van der Waals surface area contributed by atoms with E-state index in [1.165, 1.54) is 0 Å². The highest BCUT2D eigenvalue weighted by Gasteiger charge is 2.14. The van der Waals surface area contributed by atoms with Crippen LogP contribution < -0.4 is 14.2 Å². The predicted molar refractivity (Wildman–Crippen MR) is 118 cm³/mol. The van der Waals surface area contributed by atoms with Gasteiger partial charge in [-0.3, -0.25) is 9.59 Å². The summed E-state index contributed by atoms with van der Waals surface area (Å²) in [6.45, 7) is 0.265. The van der Waals surface area contributed by atoms with E-state index in [-0.39, 0.29) is 18.3 Å². The average molecular weight is 419 g/mol. The molecule has 6 heteroatoms. The van der Waals surface area contributed by atoms with Gasteiger partial charge in [-0.15, -0.1) is 0 Å². The molecule has 0 aromatic heterocycles. The Morgan fingerprint density at radius 3 is 2.10 bits per heavy atom. The van der Waals surface area contributed by atoms with E-state index >= 15 is 0 Å². The number of methoxy groups -OCH3 is 2. The molecule has 3 rings (SSSR count). The zero-order valence-corrected chi connectivity index (χ0v) is 17.8. The molecule has 160 valence electrons. The van der Waals surface area contributed by atoms with E-state index in [0.717, 1.165) is 5.56 Å². The summed E-state index contributed by atoms with van der Waals surface area (Å²) < 4.78 is 16.2. The Labute approximate surface area is 182 Å². The number of hydrogen-bond acceptors (Lipinski definition) is 5. The molecular weight excluding hydrogens is 394 g/mol. The van der Waals surface area contributed by atoms with Crippen molar-refractivity contribution in [1.82, 2.24) is 4.90 Å². The second kappa shape index (κ2) is 10.3. The molecule has 0 N–H and O–H groups in total. The number of benzene rings is 3. The van der Waals surface area contributed by atoms with Gasteiger partial charge in [0.2, 0.25) is 0 Å². The van der Waals surface area contributed by atoms with Gasteiger partial charge >= 0.3 is 0 Å². The summed E-state index contributed by atoms with van der Waals surface area (Å²) in [5, 5.41) is 0. The highest BCUT2D eigenvalue weighted by atomic mass is 16.5. The van der Waals surface area contributed by atoms with E-state index in [9.17, 15) is 9.59 Å². The molecule has 31 heavy (non-hydrogen) atoms. The standard InChI is InChI=1S/C25H25NO5/c1-26(16-20-11-14-22(29-2)15-23(20)30-3)24(27)17-31-21-12-9-19(10-13-21)25(28)18-7-5-4-6-8-18/h4-15H,16-17H2,1-3H3. The second-order valence-electron chi connectivity index (χ2n) is 6.94. The van der Waals surface area contributed by atoms with Crippen LogP contribution in [0.1, 0.15) is 21.5 Å². The summed E-state index contributed by atoms with van der Waals surface area (Å²) in [6, 6.07) is 21.3. The van der Waals surface area contributed by atoms with E-state index in [2.05, 4.69) is 0 Å². The maximum atomic E-state index is 12.5. The quantitative estimate of drug-likeness (QED) is 0.491. The summed E-state index contributed by atoms with van der Waals surface area (Å²) in [4.78, 5) is 26.5. The van der Waals surface area contributed by atoms with Crippen molar-refractivity contribution in [3.8, 4) is 17.2 Å². The number of hydrogen-bond donors (Lipinski definition) is 0. The van der Waals surface area contributed by atoms with Crippen LogP contribution in [0.15, 0.2) is 72.8 Å². The molecule has 0 spiro atoms. The molecule has 3 aromatic rings. The van der Waals surface area contributed by atoms with E-state index in [1.807, 2.05) is 30.3 Å². The molecule has 0 heterocycles. The number of ether oxygens (including phenoxy) is 3. The van der Waals surface area contributed by atoms with Crippen molar-refractivity contribution in [2.75, 3.05) is 27.9 Å². The Morgan fingerprint density at radius 2 is 1.45 bits per heavy atom. The van der Waals surface area contributed by atoms with Gasteiger partial charge in [0.1, 0.15) is 17.2 Å². The van der Waals surface area contributed by atoms with Crippen LogP contribution in [0, 0.1) is 0 Å². The molecule has 0 fully saturated rings. The average Bonchev–Trinajstić information content (AvgIpc) is 2.83. The zero-order valence-electron chi connectivity index (χ0n) is 17.8. The Balaban J connectivity index is 1.56. The third-order valence-electron chi connectivity index (χ3n) is 4.84. The number of likely N-dealkylation sites (N-methyl/N-ethyl adjacent to an activating group) is 1. The van der Waals surface area contributed by atoms with Crippen LogP contribution in [0.3, 0.4) is 0 Å². The van der Waals surface area contributed by atoms with Gasteiger partial charge in [0.15, 0.2) is 12.4 Å². The fourth-order valence-electron chi connectivity index (χ4n) is 3.04. The van der Waals surface area contributed by atoms with E-state index < -0.39 is 0 Å². The second-order valence-corrected chi connectivity index (χ2v) is 6.94. The van der Waals surface area contributed by atoms with Crippen molar-refractivity contribution >= 4 is 11.7 Å². The lowest BCUT2D eigenvalue weighted by Crippen LogP contribution is -2.31. The van der Waals surface area contributed by atoms with Crippen molar-refractivity contribution in [3.63, 3.8) is 0 Å². The highest BCUT2D eigenvalue weighted by molar-refractivity contribution is 6.08. The van der Waals surface area contributed by atoms with Gasteiger partial charge in [-0.1, -0.05) is 30.3 Å². The fraction of sp³-hybridized carbons (Fsp3) is 0.200. The summed E-state index contributed by atoms with van der Waals surface area (Å²) in [5.74, 6) is 1.62. The maximum absolute atomic E-state index is 12.5. The number of carbonyl (C=O) groups is 2. The molecule has 0 aliphatic heterocycles. The van der Waals surface area contributed by atoms with Crippen LogP contribution >= 0.6 is 0 Å². The Morgan fingerprint density at radius 1 is 0.806 bits per heavy atom. The van der Waals surface area contributed by atoms with E-state index in [0.29, 0.717) is 34.9 Å². The van der Waals surface area contributed by atoms with E-state index in [1.54, 1.807) is 68.6 Å². The van der Waals surface area contributed by atoms with Gasteiger partial charge < -0.3 is 19.1 Å². The minimum Gasteiger partial charge on any atom is -0.497 e. The molecular formula is C25H25NO5. The summed E-state index contributed by atoms with van der Waals surface area (Å²) in [6.07, 6.45) is 0. The molecule has 1 amide bonds. The molecule has 0 saturated carbocycles. The molecule has 0 bridgehead atoms. The molecule has 0 unspecified atom stereocenters. The number of ketones is 1. The number of rotatable bonds is 9. The van der Waals surface area contributed by atoms with Gasteiger partial charge in [-0.2, -0.15) is 0 Å². The van der Waals surface area contributed by atoms with Crippen LogP contribution in [0.2, 0.25) is 0 Å². The third-order valence-corrected chi connectivity index (χ3v) is 4.84. The van der Waals surface area contributed by atoms with Gasteiger partial charge in [0.05, 0.1) is 14.2 Å². The van der Waals surface area contributed by atoms with Crippen molar-refractivity contribution in [1.29, 1.82) is 0 Å². The molecule has 3 aromatic carbocycles. The largest absolute Gasteiger partial charge is 0.497 e. The lowest BCUT2D eigenvalue weighted by molar-refractivity contribution is -0.132. The molecule has 0 atom stereocenters.